The number of fused-ring (bicyclic) bond motifs is 5. The maximum Gasteiger partial charge on any atom is 0.269 e. The lowest BCUT2D eigenvalue weighted by Gasteiger charge is -2.54. The summed E-state index contributed by atoms with van der Waals surface area (Å²) >= 11 is 0. The summed E-state index contributed by atoms with van der Waals surface area (Å²) in [4.78, 5) is 43.3. The smallest absolute Gasteiger partial charge is 0.269 e. The SMILES string of the molecule is CCCC[C@@]12c3[nH]c4ccccc4c3CCN1C(=O)CC[C@H]2C(=O)c1ccc([N+](=O)[O-])cc1. The second kappa shape index (κ2) is 8.14. The maximum absolute atomic E-state index is 13.9. The number of unbranched alkanes of at least 4 members (excludes halogenated alkanes) is 1. The van der Waals surface area contributed by atoms with Gasteiger partial charge in [-0.05, 0) is 43.0 Å². The van der Waals surface area contributed by atoms with Crippen molar-refractivity contribution in [3.05, 3.63) is 75.5 Å². The monoisotopic (exact) mass is 445 g/mol. The first kappa shape index (κ1) is 21.4. The molecule has 7 heteroatoms. The Morgan fingerprint density at radius 1 is 1.18 bits per heavy atom. The predicted octanol–water partition coefficient (Wildman–Crippen LogP) is 5.14. The molecule has 1 aromatic heterocycles. The number of nitrogens with one attached hydrogen (secondary N) is 1. The summed E-state index contributed by atoms with van der Waals surface area (Å²) in [5.74, 6) is -0.358. The molecule has 0 spiro atoms. The fraction of sp³-hybridized carbons (Fsp3) is 0.385. The number of hydrogen-bond donors (Lipinski definition) is 1. The van der Waals surface area contributed by atoms with Crippen molar-refractivity contribution in [2.24, 2.45) is 5.92 Å². The van der Waals surface area contributed by atoms with E-state index in [1.165, 1.54) is 17.7 Å². The summed E-state index contributed by atoms with van der Waals surface area (Å²) in [7, 11) is 0. The molecule has 1 saturated heterocycles. The number of piperidine rings is 1. The van der Waals surface area contributed by atoms with E-state index in [1.807, 2.05) is 23.1 Å². The number of ketones is 1. The number of Topliss-reactive ketones (excluding diaryl/α,β-unsaturated/α-hetero) is 1. The van der Waals surface area contributed by atoms with Crippen LogP contribution in [0.4, 0.5) is 5.69 Å². The number of carbonyl (C=O) groups excluding carboxylic acids is 2. The van der Waals surface area contributed by atoms with Gasteiger partial charge in [0.05, 0.1) is 16.4 Å². The molecule has 170 valence electrons. The summed E-state index contributed by atoms with van der Waals surface area (Å²) in [6.07, 6.45) is 4.13. The van der Waals surface area contributed by atoms with Gasteiger partial charge in [0.1, 0.15) is 0 Å². The molecule has 2 aromatic carbocycles. The van der Waals surface area contributed by atoms with Gasteiger partial charge in [-0.15, -0.1) is 0 Å². The van der Waals surface area contributed by atoms with E-state index in [2.05, 4.69) is 18.0 Å². The number of benzene rings is 2. The Balaban J connectivity index is 1.67. The molecular weight excluding hydrogens is 418 g/mol. The standard InChI is InChI=1S/C26H27N3O4/c1-2-3-15-26-21(24(31)17-8-10-18(11-9-17)29(32)33)12-13-23(30)28(26)16-14-20-19-6-4-5-7-22(19)27-25(20)26/h4-11,21,27H,2-3,12-16H2,1H3/t21-,26+/m0/s1. The van der Waals surface area contributed by atoms with Gasteiger partial charge in [0.25, 0.3) is 5.69 Å². The van der Waals surface area contributed by atoms with E-state index in [0.29, 0.717) is 31.4 Å². The molecule has 5 rings (SSSR count). The number of nitrogens with zero attached hydrogens (tertiary/aromatic N) is 2. The van der Waals surface area contributed by atoms with Crippen LogP contribution in [-0.4, -0.2) is 33.0 Å². The molecule has 0 aliphatic carbocycles. The number of rotatable bonds is 6. The molecule has 2 aliphatic rings. The molecule has 1 N–H and O–H groups in total. The Bertz CT molecular complexity index is 1250. The van der Waals surface area contributed by atoms with Crippen molar-refractivity contribution < 1.29 is 14.5 Å². The summed E-state index contributed by atoms with van der Waals surface area (Å²) in [5.41, 5.74) is 2.92. The molecule has 33 heavy (non-hydrogen) atoms. The molecule has 1 amide bonds. The lowest BCUT2D eigenvalue weighted by molar-refractivity contribution is -0.384. The number of nitro groups is 1. The number of non-ortho nitro benzene ring substituents is 1. The predicted molar refractivity (Wildman–Crippen MR) is 125 cm³/mol. The van der Waals surface area contributed by atoms with Gasteiger partial charge in [-0.3, -0.25) is 19.7 Å². The molecule has 0 bridgehead atoms. The summed E-state index contributed by atoms with van der Waals surface area (Å²) in [6.45, 7) is 2.72. The highest BCUT2D eigenvalue weighted by molar-refractivity contribution is 6.01. The van der Waals surface area contributed by atoms with Crippen LogP contribution in [-0.2, 0) is 16.8 Å². The van der Waals surface area contributed by atoms with E-state index in [1.54, 1.807) is 12.1 Å². The molecule has 7 nitrogen and oxygen atoms in total. The van der Waals surface area contributed by atoms with Gasteiger partial charge in [-0.2, -0.15) is 0 Å². The largest absolute Gasteiger partial charge is 0.356 e. The Morgan fingerprint density at radius 2 is 1.94 bits per heavy atom. The first-order valence-corrected chi connectivity index (χ1v) is 11.7. The van der Waals surface area contributed by atoms with Crippen LogP contribution < -0.4 is 0 Å². The van der Waals surface area contributed by atoms with Crippen LogP contribution in [0.25, 0.3) is 10.9 Å². The highest BCUT2D eigenvalue weighted by atomic mass is 16.6. The van der Waals surface area contributed by atoms with Gasteiger partial charge in [0.15, 0.2) is 5.78 Å². The van der Waals surface area contributed by atoms with Crippen LogP contribution in [0.1, 0.15) is 60.6 Å². The minimum absolute atomic E-state index is 0.0386. The van der Waals surface area contributed by atoms with Crippen molar-refractivity contribution in [3.63, 3.8) is 0 Å². The Morgan fingerprint density at radius 3 is 2.67 bits per heavy atom. The van der Waals surface area contributed by atoms with Gasteiger partial charge in [0.2, 0.25) is 5.91 Å². The molecule has 2 aliphatic heterocycles. The molecule has 1 fully saturated rings. The summed E-state index contributed by atoms with van der Waals surface area (Å²) < 4.78 is 0. The van der Waals surface area contributed by atoms with Gasteiger partial charge in [-0.1, -0.05) is 38.0 Å². The third-order valence-corrected chi connectivity index (χ3v) is 7.43. The lowest BCUT2D eigenvalue weighted by atomic mass is 9.65. The fourth-order valence-electron chi connectivity index (χ4n) is 5.92. The second-order valence-corrected chi connectivity index (χ2v) is 9.11. The average molecular weight is 446 g/mol. The van der Waals surface area contributed by atoms with Crippen LogP contribution >= 0.6 is 0 Å². The van der Waals surface area contributed by atoms with E-state index in [-0.39, 0.29) is 17.4 Å². The van der Waals surface area contributed by atoms with Crippen molar-refractivity contribution in [1.82, 2.24) is 9.88 Å². The number of aromatic amines is 1. The number of para-hydroxylation sites is 1. The number of H-pyrrole nitrogens is 1. The van der Waals surface area contributed by atoms with Crippen LogP contribution in [0.5, 0.6) is 0 Å². The van der Waals surface area contributed by atoms with Crippen molar-refractivity contribution in [1.29, 1.82) is 0 Å². The van der Waals surface area contributed by atoms with E-state index in [0.717, 1.165) is 35.9 Å². The maximum atomic E-state index is 13.9. The van der Waals surface area contributed by atoms with Crippen molar-refractivity contribution in [3.8, 4) is 0 Å². The van der Waals surface area contributed by atoms with E-state index in [9.17, 15) is 19.7 Å². The molecule has 0 saturated carbocycles. The molecule has 3 aromatic rings. The number of carbonyl (C=O) groups is 2. The first-order chi connectivity index (χ1) is 16.0. The number of aromatic nitrogens is 1. The Kier molecular flexibility index (Phi) is 5.27. The van der Waals surface area contributed by atoms with E-state index >= 15 is 0 Å². The van der Waals surface area contributed by atoms with Crippen LogP contribution in [0.2, 0.25) is 0 Å². The molecule has 0 unspecified atom stereocenters. The van der Waals surface area contributed by atoms with Crippen LogP contribution in [0.3, 0.4) is 0 Å². The minimum Gasteiger partial charge on any atom is -0.356 e. The summed E-state index contributed by atoms with van der Waals surface area (Å²) in [6, 6.07) is 14.0. The lowest BCUT2D eigenvalue weighted by Crippen LogP contribution is -2.62. The number of nitro benzene ring substituents is 1. The fourth-order valence-corrected chi connectivity index (χ4v) is 5.92. The van der Waals surface area contributed by atoms with Crippen LogP contribution in [0.15, 0.2) is 48.5 Å². The van der Waals surface area contributed by atoms with E-state index in [4.69, 9.17) is 0 Å². The topological polar surface area (TPSA) is 96.3 Å². The van der Waals surface area contributed by atoms with E-state index < -0.39 is 16.4 Å². The average Bonchev–Trinajstić information content (AvgIpc) is 3.22. The zero-order valence-electron chi connectivity index (χ0n) is 18.7. The van der Waals surface area contributed by atoms with Crippen molar-refractivity contribution >= 4 is 28.3 Å². The molecule has 3 heterocycles. The third-order valence-electron chi connectivity index (χ3n) is 7.43. The quantitative estimate of drug-likeness (QED) is 0.323. The van der Waals surface area contributed by atoms with Crippen LogP contribution in [0, 0.1) is 16.0 Å². The summed E-state index contributed by atoms with van der Waals surface area (Å²) in [5, 5.41) is 12.2. The van der Waals surface area contributed by atoms with Gasteiger partial charge >= 0.3 is 0 Å². The Hall–Kier alpha value is -3.48. The molecule has 0 radical (unpaired) electrons. The van der Waals surface area contributed by atoms with Gasteiger partial charge in [-0.25, -0.2) is 0 Å². The highest BCUT2D eigenvalue weighted by Gasteiger charge is 2.56. The zero-order chi connectivity index (χ0) is 23.2. The minimum atomic E-state index is -0.725. The van der Waals surface area contributed by atoms with Gasteiger partial charge < -0.3 is 9.88 Å². The zero-order valence-corrected chi connectivity index (χ0v) is 18.7. The second-order valence-electron chi connectivity index (χ2n) is 9.11. The number of amides is 1. The Labute approximate surface area is 191 Å². The van der Waals surface area contributed by atoms with Gasteiger partial charge in [0, 0.05) is 47.3 Å². The van der Waals surface area contributed by atoms with Crippen molar-refractivity contribution in [2.45, 2.75) is 51.0 Å². The van der Waals surface area contributed by atoms with Crippen molar-refractivity contribution in [2.75, 3.05) is 6.54 Å². The highest BCUT2D eigenvalue weighted by Crippen LogP contribution is 2.51. The molecular formula is C26H27N3O4. The first-order valence-electron chi connectivity index (χ1n) is 11.7. The normalized spacial score (nSPS) is 22.2. The number of hydrogen-bond acceptors (Lipinski definition) is 4. The molecule has 2 atom stereocenters. The third kappa shape index (κ3) is 3.25.